The topological polar surface area (TPSA) is 35.8 Å². The first kappa shape index (κ1) is 12.1. The minimum absolute atomic E-state index is 0.351. The highest BCUT2D eigenvalue weighted by atomic mass is 15.0. The van der Waals surface area contributed by atoms with Crippen LogP contribution < -0.4 is 5.32 Å². The zero-order valence-electron chi connectivity index (χ0n) is 9.55. The summed E-state index contributed by atoms with van der Waals surface area (Å²) in [7, 11) is 0. The van der Waals surface area contributed by atoms with Crippen LogP contribution >= 0.6 is 0 Å². The summed E-state index contributed by atoms with van der Waals surface area (Å²) in [5.41, 5.74) is -0.351. The van der Waals surface area contributed by atoms with Gasteiger partial charge in [0.15, 0.2) is 0 Å². The van der Waals surface area contributed by atoms with E-state index in [1.54, 1.807) is 0 Å². The van der Waals surface area contributed by atoms with E-state index in [-0.39, 0.29) is 5.54 Å². The summed E-state index contributed by atoms with van der Waals surface area (Å²) in [6, 6.07) is 2.43. The predicted octanol–water partition coefficient (Wildman–Crippen LogP) is 2.46. The molecule has 0 spiro atoms. The molecule has 0 saturated heterocycles. The summed E-state index contributed by atoms with van der Waals surface area (Å²) >= 11 is 0. The lowest BCUT2D eigenvalue weighted by atomic mass is 9.91. The third kappa shape index (κ3) is 3.26. The summed E-state index contributed by atoms with van der Waals surface area (Å²) in [6.07, 6.45) is 11.9. The Morgan fingerprint density at radius 2 is 2.27 bits per heavy atom. The molecular weight excluding hydrogens is 184 g/mol. The molecule has 0 radical (unpaired) electrons. The number of nitriles is 1. The monoisotopic (exact) mass is 204 g/mol. The molecule has 15 heavy (non-hydrogen) atoms. The van der Waals surface area contributed by atoms with E-state index < -0.39 is 0 Å². The molecule has 2 unspecified atom stereocenters. The minimum Gasteiger partial charge on any atom is -0.288 e. The van der Waals surface area contributed by atoms with Gasteiger partial charge in [-0.25, -0.2) is 0 Å². The van der Waals surface area contributed by atoms with Gasteiger partial charge < -0.3 is 0 Å². The van der Waals surface area contributed by atoms with Gasteiger partial charge in [-0.3, -0.25) is 5.32 Å². The molecule has 1 N–H and O–H groups in total. The van der Waals surface area contributed by atoms with Gasteiger partial charge in [-0.05, 0) is 25.2 Å². The summed E-state index contributed by atoms with van der Waals surface area (Å²) in [5, 5.41) is 12.5. The lowest BCUT2D eigenvalue weighted by Crippen LogP contribution is -2.43. The number of nitrogens with one attached hydrogen (secondary N) is 1. The fraction of sp³-hybridized carbons (Fsp3) is 0.769. The lowest BCUT2D eigenvalue weighted by Gasteiger charge is -2.25. The number of hydrogen-bond donors (Lipinski definition) is 1. The quantitative estimate of drug-likeness (QED) is 0.566. The van der Waals surface area contributed by atoms with Crippen LogP contribution in [0.3, 0.4) is 0 Å². The third-order valence-corrected chi connectivity index (χ3v) is 3.52. The van der Waals surface area contributed by atoms with E-state index in [0.29, 0.717) is 6.54 Å². The molecule has 0 amide bonds. The Hall–Kier alpha value is -0.990. The Balaban J connectivity index is 2.59. The highest BCUT2D eigenvalue weighted by molar-refractivity contribution is 5.10. The van der Waals surface area contributed by atoms with Crippen LogP contribution in [0.15, 0.2) is 0 Å². The second-order valence-corrected chi connectivity index (χ2v) is 4.46. The van der Waals surface area contributed by atoms with Crippen molar-refractivity contribution in [2.24, 2.45) is 5.92 Å². The van der Waals surface area contributed by atoms with E-state index in [9.17, 15) is 5.26 Å². The molecule has 0 heterocycles. The van der Waals surface area contributed by atoms with Crippen molar-refractivity contribution in [3.8, 4) is 18.4 Å². The van der Waals surface area contributed by atoms with E-state index in [0.717, 1.165) is 31.6 Å². The summed E-state index contributed by atoms with van der Waals surface area (Å²) in [4.78, 5) is 0. The largest absolute Gasteiger partial charge is 0.288 e. The van der Waals surface area contributed by atoms with Crippen molar-refractivity contribution in [2.45, 2.75) is 51.0 Å². The number of nitrogens with zero attached hydrogens (tertiary/aromatic N) is 1. The van der Waals surface area contributed by atoms with Gasteiger partial charge in [0.2, 0.25) is 0 Å². The third-order valence-electron chi connectivity index (χ3n) is 3.52. The standard InChI is InChI=1S/C13H20N2/c1-3-10-15-13(11-14)8-5-6-12(4-2)7-9-13/h1,12,15H,4-10H2,2H3. The number of hydrogen-bond acceptors (Lipinski definition) is 2. The van der Waals surface area contributed by atoms with Gasteiger partial charge in [0.05, 0.1) is 12.6 Å². The smallest absolute Gasteiger partial charge is 0.107 e. The fourth-order valence-electron chi connectivity index (χ4n) is 2.37. The maximum atomic E-state index is 9.27. The molecule has 1 aliphatic rings. The highest BCUT2D eigenvalue weighted by Gasteiger charge is 2.31. The molecule has 0 aromatic carbocycles. The Morgan fingerprint density at radius 1 is 1.47 bits per heavy atom. The number of rotatable bonds is 3. The molecule has 2 atom stereocenters. The van der Waals surface area contributed by atoms with Crippen molar-refractivity contribution in [2.75, 3.05) is 6.54 Å². The molecule has 0 aromatic rings. The van der Waals surface area contributed by atoms with Crippen LogP contribution in [0.5, 0.6) is 0 Å². The van der Waals surface area contributed by atoms with Crippen LogP contribution in [-0.4, -0.2) is 12.1 Å². The van der Waals surface area contributed by atoms with Crippen molar-refractivity contribution in [1.29, 1.82) is 5.26 Å². The van der Waals surface area contributed by atoms with Crippen LogP contribution in [-0.2, 0) is 0 Å². The van der Waals surface area contributed by atoms with Crippen molar-refractivity contribution in [3.05, 3.63) is 0 Å². The molecule has 1 fully saturated rings. The van der Waals surface area contributed by atoms with Gasteiger partial charge in [0, 0.05) is 0 Å². The Morgan fingerprint density at radius 3 is 2.87 bits per heavy atom. The lowest BCUT2D eigenvalue weighted by molar-refractivity contribution is 0.372. The summed E-state index contributed by atoms with van der Waals surface area (Å²) in [5.74, 6) is 3.36. The van der Waals surface area contributed by atoms with Crippen LogP contribution in [0.2, 0.25) is 0 Å². The molecule has 82 valence electrons. The summed E-state index contributed by atoms with van der Waals surface area (Å²) in [6.45, 7) is 2.74. The first-order valence-corrected chi connectivity index (χ1v) is 5.86. The predicted molar refractivity (Wildman–Crippen MR) is 62.0 cm³/mol. The second kappa shape index (κ2) is 5.79. The van der Waals surface area contributed by atoms with E-state index in [1.165, 1.54) is 12.8 Å². The normalized spacial score (nSPS) is 31.3. The molecule has 1 saturated carbocycles. The number of terminal acetylenes is 1. The van der Waals surface area contributed by atoms with Gasteiger partial charge in [-0.1, -0.05) is 32.1 Å². The molecule has 2 heteroatoms. The van der Waals surface area contributed by atoms with Crippen molar-refractivity contribution >= 4 is 0 Å². The van der Waals surface area contributed by atoms with E-state index in [1.807, 2.05) is 0 Å². The van der Waals surface area contributed by atoms with Crippen LogP contribution in [0.1, 0.15) is 45.4 Å². The molecule has 1 rings (SSSR count). The Labute approximate surface area is 93.1 Å². The summed E-state index contributed by atoms with van der Waals surface area (Å²) < 4.78 is 0. The van der Waals surface area contributed by atoms with Crippen molar-refractivity contribution in [1.82, 2.24) is 5.32 Å². The minimum atomic E-state index is -0.351. The van der Waals surface area contributed by atoms with Crippen molar-refractivity contribution in [3.63, 3.8) is 0 Å². The molecule has 0 aromatic heterocycles. The van der Waals surface area contributed by atoms with Crippen LogP contribution in [0.25, 0.3) is 0 Å². The fourth-order valence-corrected chi connectivity index (χ4v) is 2.37. The molecular formula is C13H20N2. The van der Waals surface area contributed by atoms with Crippen molar-refractivity contribution < 1.29 is 0 Å². The first-order valence-electron chi connectivity index (χ1n) is 5.86. The van der Waals surface area contributed by atoms with Gasteiger partial charge in [-0.2, -0.15) is 5.26 Å². The van der Waals surface area contributed by atoms with Gasteiger partial charge in [-0.15, -0.1) is 6.42 Å². The van der Waals surface area contributed by atoms with Crippen LogP contribution in [0.4, 0.5) is 0 Å². The maximum absolute atomic E-state index is 9.27. The maximum Gasteiger partial charge on any atom is 0.107 e. The molecule has 0 aliphatic heterocycles. The molecule has 0 bridgehead atoms. The van der Waals surface area contributed by atoms with Gasteiger partial charge >= 0.3 is 0 Å². The first-order chi connectivity index (χ1) is 7.26. The molecule has 2 nitrogen and oxygen atoms in total. The van der Waals surface area contributed by atoms with Crippen LogP contribution in [0, 0.1) is 29.6 Å². The van der Waals surface area contributed by atoms with Gasteiger partial charge in [0.1, 0.15) is 5.54 Å². The Kier molecular flexibility index (Phi) is 4.66. The SMILES string of the molecule is C#CCNC1(C#N)CCCC(CC)CC1. The van der Waals surface area contributed by atoms with Gasteiger partial charge in [0.25, 0.3) is 0 Å². The molecule has 1 aliphatic carbocycles. The van der Waals surface area contributed by atoms with E-state index in [2.05, 4.69) is 24.2 Å². The zero-order valence-corrected chi connectivity index (χ0v) is 9.55. The second-order valence-electron chi connectivity index (χ2n) is 4.46. The Bertz CT molecular complexity index is 271. The van der Waals surface area contributed by atoms with E-state index >= 15 is 0 Å². The van der Waals surface area contributed by atoms with E-state index in [4.69, 9.17) is 6.42 Å². The average molecular weight is 204 g/mol. The zero-order chi connectivity index (χ0) is 11.1. The average Bonchev–Trinajstić information content (AvgIpc) is 2.49. The highest BCUT2D eigenvalue weighted by Crippen LogP contribution is 2.31.